The minimum absolute atomic E-state index is 0.0349. The van der Waals surface area contributed by atoms with Gasteiger partial charge in [0.25, 0.3) is 0 Å². The van der Waals surface area contributed by atoms with Crippen LogP contribution in [0.2, 0.25) is 0 Å². The van der Waals surface area contributed by atoms with E-state index in [1.54, 1.807) is 0 Å². The van der Waals surface area contributed by atoms with Crippen LogP contribution in [0.5, 0.6) is 0 Å². The molecule has 0 aromatic carbocycles. The monoisotopic (exact) mass is 285 g/mol. The van der Waals surface area contributed by atoms with E-state index in [4.69, 9.17) is 4.74 Å². The summed E-state index contributed by atoms with van der Waals surface area (Å²) in [7, 11) is 4.12. The van der Waals surface area contributed by atoms with Crippen LogP contribution in [0.25, 0.3) is 0 Å². The summed E-state index contributed by atoms with van der Waals surface area (Å²) >= 11 is 0. The number of nitrogens with one attached hydrogen (secondary N) is 1. The number of urea groups is 1. The average molecular weight is 285 g/mol. The Labute approximate surface area is 123 Å². The van der Waals surface area contributed by atoms with Crippen molar-refractivity contribution in [1.29, 1.82) is 0 Å². The first-order valence-electron chi connectivity index (χ1n) is 7.57. The Hall–Kier alpha value is -0.810. The van der Waals surface area contributed by atoms with Crippen molar-refractivity contribution in [2.75, 3.05) is 40.4 Å². The number of morpholine rings is 1. The van der Waals surface area contributed by atoms with E-state index in [0.29, 0.717) is 19.8 Å². The molecule has 20 heavy (non-hydrogen) atoms. The van der Waals surface area contributed by atoms with Gasteiger partial charge in [0.2, 0.25) is 0 Å². The van der Waals surface area contributed by atoms with E-state index in [2.05, 4.69) is 52.0 Å². The third-order valence-corrected chi connectivity index (χ3v) is 4.20. The molecule has 1 rings (SSSR count). The molecule has 1 heterocycles. The molecule has 2 amide bonds. The molecule has 1 N–H and O–H groups in total. The molecule has 1 fully saturated rings. The predicted molar refractivity (Wildman–Crippen MR) is 81.9 cm³/mol. The lowest BCUT2D eigenvalue weighted by Crippen LogP contribution is -2.56. The molecular weight excluding hydrogens is 254 g/mol. The molecule has 0 radical (unpaired) electrons. The summed E-state index contributed by atoms with van der Waals surface area (Å²) in [5, 5.41) is 3.16. The highest BCUT2D eigenvalue weighted by molar-refractivity contribution is 5.75. The van der Waals surface area contributed by atoms with E-state index >= 15 is 0 Å². The van der Waals surface area contributed by atoms with Gasteiger partial charge in [-0.25, -0.2) is 4.79 Å². The number of nitrogens with zero attached hydrogens (tertiary/aromatic N) is 2. The standard InChI is InChI=1S/C15H31N3O2/c1-7-13-10-20-9-8-18(13)14(19)16-12(2)15(3,4)11-17(5)6/h12-13H,7-11H2,1-6H3,(H,16,19)/t12-,13+/m0/s1. The van der Waals surface area contributed by atoms with Gasteiger partial charge in [0.1, 0.15) is 0 Å². The van der Waals surface area contributed by atoms with Gasteiger partial charge < -0.3 is 19.9 Å². The predicted octanol–water partition coefficient (Wildman–Crippen LogP) is 1.78. The normalized spacial score (nSPS) is 21.9. The number of amides is 2. The maximum atomic E-state index is 12.5. The molecule has 0 unspecified atom stereocenters. The molecule has 0 aromatic heterocycles. The fraction of sp³-hybridized carbons (Fsp3) is 0.933. The highest BCUT2D eigenvalue weighted by Gasteiger charge is 2.31. The van der Waals surface area contributed by atoms with E-state index < -0.39 is 0 Å². The molecule has 0 aliphatic carbocycles. The largest absolute Gasteiger partial charge is 0.377 e. The lowest BCUT2D eigenvalue weighted by atomic mass is 9.85. The van der Waals surface area contributed by atoms with Gasteiger partial charge in [-0.3, -0.25) is 0 Å². The van der Waals surface area contributed by atoms with Gasteiger partial charge in [-0.15, -0.1) is 0 Å². The molecular formula is C15H31N3O2. The molecule has 1 saturated heterocycles. The second kappa shape index (κ2) is 7.27. The summed E-state index contributed by atoms with van der Waals surface area (Å²) in [6.07, 6.45) is 0.933. The third kappa shape index (κ3) is 4.63. The zero-order valence-corrected chi connectivity index (χ0v) is 13.9. The number of carbonyl (C=O) groups is 1. The quantitative estimate of drug-likeness (QED) is 0.837. The van der Waals surface area contributed by atoms with Crippen molar-refractivity contribution in [2.45, 2.75) is 46.2 Å². The van der Waals surface area contributed by atoms with E-state index in [0.717, 1.165) is 13.0 Å². The number of hydrogen-bond acceptors (Lipinski definition) is 3. The van der Waals surface area contributed by atoms with Crippen LogP contribution >= 0.6 is 0 Å². The van der Waals surface area contributed by atoms with E-state index in [1.165, 1.54) is 0 Å². The van der Waals surface area contributed by atoms with Gasteiger partial charge in [0.05, 0.1) is 19.3 Å². The summed E-state index contributed by atoms with van der Waals surface area (Å²) in [4.78, 5) is 16.5. The molecule has 5 nitrogen and oxygen atoms in total. The zero-order chi connectivity index (χ0) is 15.3. The summed E-state index contributed by atoms with van der Waals surface area (Å²) < 4.78 is 5.45. The molecule has 2 atom stereocenters. The van der Waals surface area contributed by atoms with Crippen LogP contribution in [0, 0.1) is 5.41 Å². The SMILES string of the molecule is CC[C@@H]1COCCN1C(=O)N[C@@H](C)C(C)(C)CN(C)C. The van der Waals surface area contributed by atoms with Crippen molar-refractivity contribution in [2.24, 2.45) is 5.41 Å². The van der Waals surface area contributed by atoms with Crippen LogP contribution < -0.4 is 5.32 Å². The third-order valence-electron chi connectivity index (χ3n) is 4.20. The van der Waals surface area contributed by atoms with Crippen LogP contribution in [0.3, 0.4) is 0 Å². The molecule has 0 bridgehead atoms. The van der Waals surface area contributed by atoms with Crippen LogP contribution in [0.15, 0.2) is 0 Å². The second-order valence-electron chi connectivity index (χ2n) is 6.73. The average Bonchev–Trinajstić information content (AvgIpc) is 2.37. The Morgan fingerprint density at radius 2 is 2.15 bits per heavy atom. The Morgan fingerprint density at radius 3 is 2.70 bits per heavy atom. The summed E-state index contributed by atoms with van der Waals surface area (Å²) in [5.41, 5.74) is 0.0349. The minimum atomic E-state index is 0.0349. The molecule has 0 spiro atoms. The minimum Gasteiger partial charge on any atom is -0.377 e. The van der Waals surface area contributed by atoms with Crippen LogP contribution in [0.4, 0.5) is 4.79 Å². The number of rotatable bonds is 5. The summed E-state index contributed by atoms with van der Waals surface area (Å²) in [6.45, 7) is 11.5. The molecule has 1 aliphatic heterocycles. The van der Waals surface area contributed by atoms with Gasteiger partial charge >= 0.3 is 6.03 Å². The molecule has 0 aromatic rings. The van der Waals surface area contributed by atoms with Crippen molar-refractivity contribution in [3.05, 3.63) is 0 Å². The second-order valence-corrected chi connectivity index (χ2v) is 6.73. The Balaban J connectivity index is 2.59. The van der Waals surface area contributed by atoms with E-state index in [1.807, 2.05) is 4.90 Å². The maximum absolute atomic E-state index is 12.5. The summed E-state index contributed by atoms with van der Waals surface area (Å²) in [6, 6.07) is 0.366. The van der Waals surface area contributed by atoms with Crippen LogP contribution in [-0.4, -0.2) is 68.3 Å². The Bertz CT molecular complexity index is 318. The maximum Gasteiger partial charge on any atom is 0.318 e. The molecule has 118 valence electrons. The smallest absolute Gasteiger partial charge is 0.318 e. The number of carbonyl (C=O) groups excluding carboxylic acids is 1. The number of hydrogen-bond donors (Lipinski definition) is 1. The molecule has 5 heteroatoms. The fourth-order valence-electron chi connectivity index (χ4n) is 2.68. The first-order valence-corrected chi connectivity index (χ1v) is 7.57. The Morgan fingerprint density at radius 1 is 1.50 bits per heavy atom. The molecule has 0 saturated carbocycles. The van der Waals surface area contributed by atoms with Gasteiger partial charge in [-0.2, -0.15) is 0 Å². The van der Waals surface area contributed by atoms with Gasteiger partial charge in [0, 0.05) is 19.1 Å². The van der Waals surface area contributed by atoms with Gasteiger partial charge in [0.15, 0.2) is 0 Å². The van der Waals surface area contributed by atoms with Crippen LogP contribution in [0.1, 0.15) is 34.1 Å². The molecule has 1 aliphatic rings. The van der Waals surface area contributed by atoms with Crippen molar-refractivity contribution in [3.8, 4) is 0 Å². The van der Waals surface area contributed by atoms with Crippen molar-refractivity contribution < 1.29 is 9.53 Å². The van der Waals surface area contributed by atoms with Crippen molar-refractivity contribution in [3.63, 3.8) is 0 Å². The first-order chi connectivity index (χ1) is 9.27. The lowest BCUT2D eigenvalue weighted by molar-refractivity contribution is 0.00959. The summed E-state index contributed by atoms with van der Waals surface area (Å²) in [5.74, 6) is 0. The number of ether oxygens (including phenoxy) is 1. The van der Waals surface area contributed by atoms with Crippen molar-refractivity contribution in [1.82, 2.24) is 15.1 Å². The highest BCUT2D eigenvalue weighted by atomic mass is 16.5. The zero-order valence-electron chi connectivity index (χ0n) is 13.9. The van der Waals surface area contributed by atoms with E-state index in [9.17, 15) is 4.79 Å². The van der Waals surface area contributed by atoms with Crippen LogP contribution in [-0.2, 0) is 4.74 Å². The highest BCUT2D eigenvalue weighted by Crippen LogP contribution is 2.22. The fourth-order valence-corrected chi connectivity index (χ4v) is 2.68. The van der Waals surface area contributed by atoms with Crippen molar-refractivity contribution >= 4 is 6.03 Å². The first kappa shape index (κ1) is 17.2. The van der Waals surface area contributed by atoms with Gasteiger partial charge in [-0.05, 0) is 32.9 Å². The topological polar surface area (TPSA) is 44.8 Å². The lowest BCUT2D eigenvalue weighted by Gasteiger charge is -2.39. The Kier molecular flexibility index (Phi) is 6.27. The van der Waals surface area contributed by atoms with E-state index in [-0.39, 0.29) is 23.5 Å². The van der Waals surface area contributed by atoms with Gasteiger partial charge in [-0.1, -0.05) is 20.8 Å².